The van der Waals surface area contributed by atoms with Gasteiger partial charge in [-0.05, 0) is 24.3 Å². The van der Waals surface area contributed by atoms with E-state index in [2.05, 4.69) is 38.7 Å². The number of aliphatic imine (C=N–C) groups is 1. The van der Waals surface area contributed by atoms with Crippen molar-refractivity contribution in [1.82, 2.24) is 0 Å². The number of carbonyl (C=O) groups excluding carboxylic acids is 6. The second-order valence-corrected chi connectivity index (χ2v) is 5.65. The van der Waals surface area contributed by atoms with Crippen LogP contribution in [-0.2, 0) is 52.4 Å². The molecule has 14 heteroatoms. The molecule has 33 heavy (non-hydrogen) atoms. The standard InChI is InChI=1S/C19H20N2O12/c1-28-8-15(23)31-9-16(24)29-6-7-30-17(25)10-32-18(26)11-33-19(27)21-14-4-2-13(3-5-14)20-12-22/h2-5H,6-11H2,1H3,(H,21,27). The van der Waals surface area contributed by atoms with Crippen LogP contribution in [0.3, 0.4) is 0 Å². The quantitative estimate of drug-likeness (QED) is 0.135. The molecule has 0 unspecified atom stereocenters. The number of nitrogens with zero attached hydrogens (tertiary/aromatic N) is 1. The number of carbonyl (C=O) groups is 5. The molecule has 0 saturated carbocycles. The molecule has 0 heterocycles. The molecule has 1 amide bonds. The van der Waals surface area contributed by atoms with Crippen molar-refractivity contribution in [2.45, 2.75) is 0 Å². The zero-order valence-corrected chi connectivity index (χ0v) is 17.4. The normalized spacial score (nSPS) is 9.61. The lowest BCUT2D eigenvalue weighted by Crippen LogP contribution is -2.24. The summed E-state index contributed by atoms with van der Waals surface area (Å²) in [6, 6.07) is 5.77. The van der Waals surface area contributed by atoms with E-state index >= 15 is 0 Å². The fraction of sp³-hybridized carbons (Fsp3) is 0.368. The predicted octanol–water partition coefficient (Wildman–Crippen LogP) is 0.0216. The molecule has 0 aromatic heterocycles. The van der Waals surface area contributed by atoms with Crippen molar-refractivity contribution in [1.29, 1.82) is 0 Å². The molecule has 1 aromatic rings. The van der Waals surface area contributed by atoms with Crippen molar-refractivity contribution >= 4 is 47.4 Å². The first-order chi connectivity index (χ1) is 15.8. The van der Waals surface area contributed by atoms with Crippen molar-refractivity contribution < 1.29 is 57.2 Å². The number of hydrogen-bond donors (Lipinski definition) is 1. The van der Waals surface area contributed by atoms with Crippen LogP contribution in [0.4, 0.5) is 16.2 Å². The zero-order valence-electron chi connectivity index (χ0n) is 17.4. The molecule has 1 N–H and O–H groups in total. The summed E-state index contributed by atoms with van der Waals surface area (Å²) in [6.07, 6.45) is 0.405. The molecule has 1 rings (SSSR count). The van der Waals surface area contributed by atoms with E-state index in [0.29, 0.717) is 11.4 Å². The third-order valence-corrected chi connectivity index (χ3v) is 3.18. The number of esters is 4. The molecule has 0 aliphatic heterocycles. The molecule has 0 fully saturated rings. The van der Waals surface area contributed by atoms with Crippen molar-refractivity contribution in [3.63, 3.8) is 0 Å². The topological polar surface area (TPSA) is 182 Å². The third kappa shape index (κ3) is 12.9. The Morgan fingerprint density at radius 3 is 1.76 bits per heavy atom. The maximum absolute atomic E-state index is 11.6. The summed E-state index contributed by atoms with van der Waals surface area (Å²) in [7, 11) is 1.28. The number of isocyanates is 1. The number of rotatable bonds is 13. The first-order valence-corrected chi connectivity index (χ1v) is 9.07. The molecular formula is C19H20N2O12. The first-order valence-electron chi connectivity index (χ1n) is 9.07. The second-order valence-electron chi connectivity index (χ2n) is 5.65. The smallest absolute Gasteiger partial charge is 0.412 e. The number of amides is 1. The average Bonchev–Trinajstić information content (AvgIpc) is 2.79. The minimum atomic E-state index is -1.01. The lowest BCUT2D eigenvalue weighted by atomic mass is 10.3. The van der Waals surface area contributed by atoms with E-state index in [4.69, 9.17) is 0 Å². The van der Waals surface area contributed by atoms with Gasteiger partial charge in [0.2, 0.25) is 6.08 Å². The predicted molar refractivity (Wildman–Crippen MR) is 105 cm³/mol. The summed E-state index contributed by atoms with van der Waals surface area (Å²) >= 11 is 0. The van der Waals surface area contributed by atoms with Gasteiger partial charge in [0.25, 0.3) is 0 Å². The summed E-state index contributed by atoms with van der Waals surface area (Å²) in [4.78, 5) is 70.4. The number of ether oxygens (including phenoxy) is 6. The highest BCUT2D eigenvalue weighted by atomic mass is 16.6. The van der Waals surface area contributed by atoms with Crippen LogP contribution in [-0.4, -0.2) is 82.8 Å². The molecule has 0 saturated heterocycles. The van der Waals surface area contributed by atoms with Crippen molar-refractivity contribution in [2.75, 3.05) is 52.1 Å². The fourth-order valence-electron chi connectivity index (χ4n) is 1.82. The van der Waals surface area contributed by atoms with Crippen LogP contribution in [0.15, 0.2) is 29.3 Å². The molecule has 0 bridgehead atoms. The third-order valence-electron chi connectivity index (χ3n) is 3.18. The van der Waals surface area contributed by atoms with E-state index in [1.807, 2.05) is 0 Å². The van der Waals surface area contributed by atoms with Gasteiger partial charge in [0.1, 0.15) is 19.8 Å². The Bertz CT molecular complexity index is 877. The van der Waals surface area contributed by atoms with Gasteiger partial charge in [-0.1, -0.05) is 0 Å². The van der Waals surface area contributed by atoms with Gasteiger partial charge in [0.05, 0.1) is 5.69 Å². The maximum Gasteiger partial charge on any atom is 0.412 e. The van der Waals surface area contributed by atoms with Crippen LogP contribution in [0.5, 0.6) is 0 Å². The summed E-state index contributed by atoms with van der Waals surface area (Å²) < 4.78 is 27.5. The SMILES string of the molecule is COCC(=O)OCC(=O)OCCOC(=O)COC(=O)COC(=O)Nc1ccc(N=C=O)cc1. The van der Waals surface area contributed by atoms with E-state index < -0.39 is 49.8 Å². The number of benzene rings is 1. The van der Waals surface area contributed by atoms with Gasteiger partial charge in [0, 0.05) is 12.8 Å². The van der Waals surface area contributed by atoms with Gasteiger partial charge < -0.3 is 28.4 Å². The Hall–Kier alpha value is -4.29. The van der Waals surface area contributed by atoms with Gasteiger partial charge in [-0.2, -0.15) is 4.99 Å². The molecule has 0 atom stereocenters. The Balaban J connectivity index is 2.13. The summed E-state index contributed by atoms with van der Waals surface area (Å²) in [5.41, 5.74) is 0.650. The molecule has 178 valence electrons. The van der Waals surface area contributed by atoms with Crippen LogP contribution in [0, 0.1) is 0 Å². The highest BCUT2D eigenvalue weighted by Crippen LogP contribution is 2.15. The van der Waals surface area contributed by atoms with E-state index in [1.165, 1.54) is 37.5 Å². The minimum Gasteiger partial charge on any atom is -0.460 e. The molecule has 0 radical (unpaired) electrons. The highest BCUT2D eigenvalue weighted by Gasteiger charge is 2.13. The van der Waals surface area contributed by atoms with Crippen molar-refractivity contribution in [2.24, 2.45) is 4.99 Å². The Kier molecular flexibility index (Phi) is 12.6. The lowest BCUT2D eigenvalue weighted by molar-refractivity contribution is -0.165. The molecule has 14 nitrogen and oxygen atoms in total. The number of anilines is 1. The van der Waals surface area contributed by atoms with Crippen LogP contribution in [0.2, 0.25) is 0 Å². The minimum absolute atomic E-state index is 0.313. The lowest BCUT2D eigenvalue weighted by Gasteiger charge is -2.08. The van der Waals surface area contributed by atoms with Crippen LogP contribution < -0.4 is 5.32 Å². The summed E-state index contributed by atoms with van der Waals surface area (Å²) in [6.45, 7) is -3.11. The Labute approximate surface area is 186 Å². The monoisotopic (exact) mass is 468 g/mol. The summed E-state index contributed by atoms with van der Waals surface area (Å²) in [5.74, 6) is -3.55. The molecule has 0 aliphatic rings. The van der Waals surface area contributed by atoms with E-state index in [9.17, 15) is 28.8 Å². The van der Waals surface area contributed by atoms with Gasteiger partial charge >= 0.3 is 30.0 Å². The number of methoxy groups -OCH3 is 1. The van der Waals surface area contributed by atoms with Gasteiger partial charge in [0.15, 0.2) is 19.8 Å². The van der Waals surface area contributed by atoms with Gasteiger partial charge in [-0.25, -0.2) is 28.8 Å². The second kappa shape index (κ2) is 15.5. The fourth-order valence-corrected chi connectivity index (χ4v) is 1.82. The van der Waals surface area contributed by atoms with E-state index in [0.717, 1.165) is 0 Å². The average molecular weight is 468 g/mol. The molecular weight excluding hydrogens is 448 g/mol. The van der Waals surface area contributed by atoms with Crippen LogP contribution in [0.25, 0.3) is 0 Å². The van der Waals surface area contributed by atoms with Crippen LogP contribution in [0.1, 0.15) is 0 Å². The maximum atomic E-state index is 11.6. The Morgan fingerprint density at radius 2 is 1.24 bits per heavy atom. The molecule has 0 aliphatic carbocycles. The number of nitrogens with one attached hydrogen (secondary N) is 1. The van der Waals surface area contributed by atoms with E-state index in [-0.39, 0.29) is 19.8 Å². The molecule has 0 spiro atoms. The Morgan fingerprint density at radius 1 is 0.758 bits per heavy atom. The van der Waals surface area contributed by atoms with Crippen molar-refractivity contribution in [3.05, 3.63) is 24.3 Å². The summed E-state index contributed by atoms with van der Waals surface area (Å²) in [5, 5.41) is 2.32. The largest absolute Gasteiger partial charge is 0.460 e. The molecule has 1 aromatic carbocycles. The first kappa shape index (κ1) is 26.7. The van der Waals surface area contributed by atoms with Gasteiger partial charge in [-0.15, -0.1) is 0 Å². The van der Waals surface area contributed by atoms with E-state index in [1.54, 1.807) is 0 Å². The van der Waals surface area contributed by atoms with Gasteiger partial charge in [-0.3, -0.25) is 5.32 Å². The van der Waals surface area contributed by atoms with Crippen molar-refractivity contribution in [3.8, 4) is 0 Å². The highest BCUT2D eigenvalue weighted by molar-refractivity contribution is 5.86. The van der Waals surface area contributed by atoms with Crippen LogP contribution >= 0.6 is 0 Å². The number of hydrogen-bond acceptors (Lipinski definition) is 13. The zero-order chi connectivity index (χ0) is 24.5.